The van der Waals surface area contributed by atoms with Crippen molar-refractivity contribution in [2.45, 2.75) is 37.0 Å². The Kier molecular flexibility index (Phi) is 4.99. The number of rotatable bonds is 3. The summed E-state index contributed by atoms with van der Waals surface area (Å²) in [7, 11) is 0. The Morgan fingerprint density at radius 1 is 1.47 bits per heavy atom. The fraction of sp³-hybridized carbons (Fsp3) is 0.500. The average Bonchev–Trinajstić information content (AvgIpc) is 2.42. The zero-order valence-electron chi connectivity index (χ0n) is 11.0. The normalized spacial score (nSPS) is 23.1. The Morgan fingerprint density at radius 3 is 3.00 bits per heavy atom. The first-order chi connectivity index (χ1) is 9.11. The van der Waals surface area contributed by atoms with E-state index in [0.29, 0.717) is 21.5 Å². The number of hydrogen-bond acceptors (Lipinski definition) is 3. The van der Waals surface area contributed by atoms with E-state index in [4.69, 9.17) is 17.3 Å². The minimum absolute atomic E-state index is 0.121. The third kappa shape index (κ3) is 3.57. The van der Waals surface area contributed by atoms with Crippen LogP contribution in [0.3, 0.4) is 0 Å². The van der Waals surface area contributed by atoms with Gasteiger partial charge in [0, 0.05) is 11.3 Å². The quantitative estimate of drug-likeness (QED) is 0.842. The molecule has 1 fully saturated rings. The first-order valence-electron chi connectivity index (χ1n) is 6.49. The van der Waals surface area contributed by atoms with E-state index < -0.39 is 0 Å². The number of nitrogen functional groups attached to an aromatic ring is 1. The second-order valence-corrected chi connectivity index (χ2v) is 6.42. The highest BCUT2D eigenvalue weighted by molar-refractivity contribution is 7.99. The average molecular weight is 299 g/mol. The van der Waals surface area contributed by atoms with Crippen LogP contribution in [0.15, 0.2) is 18.2 Å². The van der Waals surface area contributed by atoms with Gasteiger partial charge in [0.2, 0.25) is 0 Å². The lowest BCUT2D eigenvalue weighted by atomic mass is 9.94. The highest BCUT2D eigenvalue weighted by Crippen LogP contribution is 2.28. The van der Waals surface area contributed by atoms with Gasteiger partial charge >= 0.3 is 0 Å². The fourth-order valence-electron chi connectivity index (χ4n) is 2.48. The van der Waals surface area contributed by atoms with Gasteiger partial charge in [0.05, 0.1) is 16.3 Å². The topological polar surface area (TPSA) is 55.1 Å². The lowest BCUT2D eigenvalue weighted by Gasteiger charge is -2.28. The van der Waals surface area contributed by atoms with Crippen LogP contribution in [-0.4, -0.2) is 23.5 Å². The third-order valence-corrected chi connectivity index (χ3v) is 5.08. The van der Waals surface area contributed by atoms with Gasteiger partial charge in [-0.05, 0) is 37.7 Å². The molecular formula is C14H19ClN2OS. The van der Waals surface area contributed by atoms with E-state index in [0.717, 1.165) is 12.8 Å². The Morgan fingerprint density at radius 2 is 2.26 bits per heavy atom. The van der Waals surface area contributed by atoms with Gasteiger partial charge in [0.1, 0.15) is 0 Å². The van der Waals surface area contributed by atoms with Crippen molar-refractivity contribution in [2.24, 2.45) is 0 Å². The molecule has 1 aromatic carbocycles. The molecule has 1 aliphatic carbocycles. The van der Waals surface area contributed by atoms with Crippen LogP contribution < -0.4 is 11.1 Å². The van der Waals surface area contributed by atoms with Crippen molar-refractivity contribution in [2.75, 3.05) is 12.0 Å². The molecule has 2 atom stereocenters. The van der Waals surface area contributed by atoms with Crippen LogP contribution >= 0.6 is 23.4 Å². The Hall–Kier alpha value is -0.870. The second-order valence-electron chi connectivity index (χ2n) is 4.90. The molecule has 5 heteroatoms. The molecule has 104 valence electrons. The maximum Gasteiger partial charge on any atom is 0.253 e. The molecule has 1 saturated carbocycles. The number of halogens is 1. The van der Waals surface area contributed by atoms with Crippen LogP contribution in [0, 0.1) is 0 Å². The fourth-order valence-corrected chi connectivity index (χ4v) is 3.52. The summed E-state index contributed by atoms with van der Waals surface area (Å²) >= 11 is 7.95. The highest BCUT2D eigenvalue weighted by atomic mass is 35.5. The molecule has 0 aromatic heterocycles. The van der Waals surface area contributed by atoms with Gasteiger partial charge in [-0.25, -0.2) is 0 Å². The number of nitrogens with two attached hydrogens (primary N) is 1. The van der Waals surface area contributed by atoms with Crippen LogP contribution in [0.4, 0.5) is 5.69 Å². The van der Waals surface area contributed by atoms with Crippen LogP contribution in [0.5, 0.6) is 0 Å². The first kappa shape index (κ1) is 14.5. The number of carbonyl (C=O) groups is 1. The number of anilines is 1. The molecule has 0 saturated heterocycles. The summed E-state index contributed by atoms with van der Waals surface area (Å²) in [4.78, 5) is 12.2. The first-order valence-corrected chi connectivity index (χ1v) is 8.16. The lowest BCUT2D eigenvalue weighted by molar-refractivity contribution is 0.0928. The summed E-state index contributed by atoms with van der Waals surface area (Å²) in [5, 5.41) is 4.07. The smallest absolute Gasteiger partial charge is 0.253 e. The van der Waals surface area contributed by atoms with Crippen molar-refractivity contribution < 1.29 is 4.79 Å². The molecule has 0 bridgehead atoms. The molecule has 3 nitrogen and oxygen atoms in total. The minimum Gasteiger partial charge on any atom is -0.398 e. The van der Waals surface area contributed by atoms with Gasteiger partial charge in [0.25, 0.3) is 5.91 Å². The standard InChI is InChI=1S/C14H19ClN2OS/c1-19-10-5-2-4-9(8-10)17-14(18)11-6-3-7-12(16)13(11)15/h3,6-7,9-10H,2,4-5,8,16H2,1H3,(H,17,18). The summed E-state index contributed by atoms with van der Waals surface area (Å²) in [5.74, 6) is -0.121. The van der Waals surface area contributed by atoms with Crippen LogP contribution in [0.25, 0.3) is 0 Å². The van der Waals surface area contributed by atoms with E-state index in [9.17, 15) is 4.79 Å². The molecule has 2 unspecified atom stereocenters. The van der Waals surface area contributed by atoms with Crippen molar-refractivity contribution in [1.82, 2.24) is 5.32 Å². The Labute approximate surface area is 123 Å². The summed E-state index contributed by atoms with van der Waals surface area (Å²) < 4.78 is 0. The Bertz CT molecular complexity index is 467. The zero-order valence-corrected chi connectivity index (χ0v) is 12.6. The summed E-state index contributed by atoms with van der Waals surface area (Å²) in [6.45, 7) is 0. The van der Waals surface area contributed by atoms with Gasteiger partial charge in [0.15, 0.2) is 0 Å². The van der Waals surface area contributed by atoms with E-state index >= 15 is 0 Å². The van der Waals surface area contributed by atoms with Gasteiger partial charge in [-0.3, -0.25) is 4.79 Å². The monoisotopic (exact) mass is 298 g/mol. The lowest BCUT2D eigenvalue weighted by Crippen LogP contribution is -2.39. The van der Waals surface area contributed by atoms with Crippen LogP contribution in [0.2, 0.25) is 5.02 Å². The highest BCUT2D eigenvalue weighted by Gasteiger charge is 2.23. The van der Waals surface area contributed by atoms with Gasteiger partial charge in [-0.1, -0.05) is 24.1 Å². The second kappa shape index (κ2) is 6.53. The molecular weight excluding hydrogens is 280 g/mol. The summed E-state index contributed by atoms with van der Waals surface area (Å²) in [5.41, 5.74) is 6.63. The largest absolute Gasteiger partial charge is 0.398 e. The molecule has 0 aliphatic heterocycles. The maximum atomic E-state index is 12.2. The van der Waals surface area contributed by atoms with Crippen molar-refractivity contribution >= 4 is 35.0 Å². The number of amides is 1. The van der Waals surface area contributed by atoms with Gasteiger partial charge in [-0.15, -0.1) is 0 Å². The maximum absolute atomic E-state index is 12.2. The van der Waals surface area contributed by atoms with Crippen molar-refractivity contribution in [3.8, 4) is 0 Å². The third-order valence-electron chi connectivity index (χ3n) is 3.57. The molecule has 3 N–H and O–H groups in total. The van der Waals surface area contributed by atoms with Crippen molar-refractivity contribution in [3.05, 3.63) is 28.8 Å². The zero-order chi connectivity index (χ0) is 13.8. The molecule has 0 radical (unpaired) electrons. The SMILES string of the molecule is CSC1CCCC(NC(=O)c2cccc(N)c2Cl)C1. The van der Waals surface area contributed by atoms with E-state index in [2.05, 4.69) is 11.6 Å². The number of thioether (sulfide) groups is 1. The van der Waals surface area contributed by atoms with Crippen molar-refractivity contribution in [1.29, 1.82) is 0 Å². The molecule has 0 heterocycles. The van der Waals surface area contributed by atoms with E-state index in [1.807, 2.05) is 11.8 Å². The molecule has 0 spiro atoms. The molecule has 2 rings (SSSR count). The number of hydrogen-bond donors (Lipinski definition) is 2. The number of carbonyl (C=O) groups excluding carboxylic acids is 1. The molecule has 1 amide bonds. The summed E-state index contributed by atoms with van der Waals surface area (Å²) in [6, 6.07) is 5.41. The molecule has 1 aromatic rings. The summed E-state index contributed by atoms with van der Waals surface area (Å²) in [6.07, 6.45) is 6.62. The molecule has 19 heavy (non-hydrogen) atoms. The van der Waals surface area contributed by atoms with Crippen LogP contribution in [0.1, 0.15) is 36.0 Å². The van der Waals surface area contributed by atoms with E-state index in [1.54, 1.807) is 18.2 Å². The number of nitrogens with one attached hydrogen (secondary N) is 1. The molecule has 1 aliphatic rings. The number of benzene rings is 1. The van der Waals surface area contributed by atoms with Crippen molar-refractivity contribution in [3.63, 3.8) is 0 Å². The van der Waals surface area contributed by atoms with E-state index in [-0.39, 0.29) is 11.9 Å². The Balaban J connectivity index is 2.02. The predicted octanol–water partition coefficient (Wildman–Crippen LogP) is 3.33. The predicted molar refractivity (Wildman–Crippen MR) is 82.9 cm³/mol. The van der Waals surface area contributed by atoms with E-state index in [1.165, 1.54) is 12.8 Å². The van der Waals surface area contributed by atoms with Crippen LogP contribution in [-0.2, 0) is 0 Å². The minimum atomic E-state index is -0.121. The van der Waals surface area contributed by atoms with Gasteiger partial charge < -0.3 is 11.1 Å². The van der Waals surface area contributed by atoms with Gasteiger partial charge in [-0.2, -0.15) is 11.8 Å².